The molecule has 0 saturated carbocycles. The van der Waals surface area contributed by atoms with Crippen molar-refractivity contribution in [3.05, 3.63) is 35.2 Å². The molecule has 0 unspecified atom stereocenters. The Labute approximate surface area is 80.7 Å². The van der Waals surface area contributed by atoms with Crippen LogP contribution in [0.3, 0.4) is 0 Å². The molecule has 0 atom stereocenters. The van der Waals surface area contributed by atoms with Crippen LogP contribution in [0.5, 0.6) is 5.75 Å². The predicted octanol–water partition coefficient (Wildman–Crippen LogP) is 3.22. The van der Waals surface area contributed by atoms with E-state index in [1.807, 2.05) is 0 Å². The Kier molecular flexibility index (Phi) is 3.35. The minimum absolute atomic E-state index is 1.00. The Balaban J connectivity index is 3.05. The minimum Gasteiger partial charge on any atom is -0.496 e. The Hall–Kier alpha value is -0.980. The van der Waals surface area contributed by atoms with Crippen molar-refractivity contribution < 1.29 is 4.74 Å². The molecule has 0 aliphatic rings. The monoisotopic (exact) mass is 177 g/mol. The van der Waals surface area contributed by atoms with E-state index in [1.165, 1.54) is 17.0 Å². The normalized spacial score (nSPS) is 10.5. The maximum absolute atomic E-state index is 5.31. The second-order valence-electron chi connectivity index (χ2n) is 3.38. The molecule has 0 bridgehead atoms. The van der Waals surface area contributed by atoms with Crippen LogP contribution >= 0.6 is 0 Å². The van der Waals surface area contributed by atoms with Crippen LogP contribution in [0.4, 0.5) is 0 Å². The van der Waals surface area contributed by atoms with Crippen LogP contribution in [0.1, 0.15) is 31.9 Å². The van der Waals surface area contributed by atoms with Gasteiger partial charge in [-0.05, 0) is 29.5 Å². The SMILES string of the molecule is CCc1ccc([C](C)C)cc1OC. The van der Waals surface area contributed by atoms with Gasteiger partial charge in [-0.25, -0.2) is 0 Å². The highest BCUT2D eigenvalue weighted by molar-refractivity contribution is 5.42. The van der Waals surface area contributed by atoms with Crippen LogP contribution in [0, 0.1) is 5.92 Å². The highest BCUT2D eigenvalue weighted by Crippen LogP contribution is 2.24. The third-order valence-corrected chi connectivity index (χ3v) is 2.25. The first kappa shape index (κ1) is 10.1. The number of methoxy groups -OCH3 is 1. The van der Waals surface area contributed by atoms with Crippen molar-refractivity contribution in [1.82, 2.24) is 0 Å². The molecule has 13 heavy (non-hydrogen) atoms. The van der Waals surface area contributed by atoms with Crippen molar-refractivity contribution in [3.8, 4) is 5.75 Å². The van der Waals surface area contributed by atoms with Gasteiger partial charge in [-0.3, -0.25) is 0 Å². The quantitative estimate of drug-likeness (QED) is 0.688. The van der Waals surface area contributed by atoms with Crippen LogP contribution in [0.25, 0.3) is 0 Å². The van der Waals surface area contributed by atoms with Crippen molar-refractivity contribution >= 4 is 0 Å². The lowest BCUT2D eigenvalue weighted by atomic mass is 10.0. The van der Waals surface area contributed by atoms with E-state index in [4.69, 9.17) is 4.74 Å². The Bertz CT molecular complexity index is 276. The van der Waals surface area contributed by atoms with Crippen LogP contribution in [-0.2, 0) is 6.42 Å². The van der Waals surface area contributed by atoms with E-state index in [1.54, 1.807) is 7.11 Å². The molecule has 1 heteroatoms. The molecule has 0 fully saturated rings. The zero-order chi connectivity index (χ0) is 9.84. The molecule has 0 heterocycles. The second kappa shape index (κ2) is 4.31. The van der Waals surface area contributed by atoms with Gasteiger partial charge in [0.15, 0.2) is 0 Å². The zero-order valence-electron chi connectivity index (χ0n) is 8.85. The molecule has 1 rings (SSSR count). The van der Waals surface area contributed by atoms with Crippen molar-refractivity contribution in [1.29, 1.82) is 0 Å². The van der Waals surface area contributed by atoms with Gasteiger partial charge in [-0.15, -0.1) is 0 Å². The first-order valence-electron chi connectivity index (χ1n) is 4.66. The van der Waals surface area contributed by atoms with Gasteiger partial charge in [-0.2, -0.15) is 0 Å². The van der Waals surface area contributed by atoms with Gasteiger partial charge in [0.1, 0.15) is 5.75 Å². The number of rotatable bonds is 3. The second-order valence-corrected chi connectivity index (χ2v) is 3.38. The zero-order valence-corrected chi connectivity index (χ0v) is 8.85. The summed E-state index contributed by atoms with van der Waals surface area (Å²) < 4.78 is 5.31. The maximum atomic E-state index is 5.31. The standard InChI is InChI=1S/C12H17O/c1-5-10-6-7-11(9(2)3)8-12(10)13-4/h6-8H,5H2,1-4H3. The molecule has 0 N–H and O–H groups in total. The number of aryl methyl sites for hydroxylation is 1. The summed E-state index contributed by atoms with van der Waals surface area (Å²) in [5.41, 5.74) is 2.53. The van der Waals surface area contributed by atoms with Gasteiger partial charge in [0.2, 0.25) is 0 Å². The Morgan fingerprint density at radius 1 is 1.31 bits per heavy atom. The molecule has 1 aromatic rings. The molecule has 0 aliphatic carbocycles. The van der Waals surface area contributed by atoms with Crippen molar-refractivity contribution in [2.24, 2.45) is 0 Å². The fourth-order valence-corrected chi connectivity index (χ4v) is 1.35. The largest absolute Gasteiger partial charge is 0.496 e. The molecular formula is C12H17O. The van der Waals surface area contributed by atoms with Crippen molar-refractivity contribution in [2.45, 2.75) is 27.2 Å². The number of ether oxygens (including phenoxy) is 1. The highest BCUT2D eigenvalue weighted by atomic mass is 16.5. The number of hydrogen-bond donors (Lipinski definition) is 0. The molecule has 0 spiro atoms. The predicted molar refractivity (Wildman–Crippen MR) is 56.1 cm³/mol. The summed E-state index contributed by atoms with van der Waals surface area (Å²) in [5, 5.41) is 0. The molecule has 1 nitrogen and oxygen atoms in total. The van der Waals surface area contributed by atoms with E-state index in [9.17, 15) is 0 Å². The summed E-state index contributed by atoms with van der Waals surface area (Å²) in [6.07, 6.45) is 1.02. The van der Waals surface area contributed by atoms with E-state index >= 15 is 0 Å². The van der Waals surface area contributed by atoms with E-state index in [0.29, 0.717) is 0 Å². The molecule has 0 amide bonds. The molecule has 1 aromatic carbocycles. The first-order valence-corrected chi connectivity index (χ1v) is 4.66. The molecule has 0 aromatic heterocycles. The lowest BCUT2D eigenvalue weighted by molar-refractivity contribution is 0.410. The smallest absolute Gasteiger partial charge is 0.122 e. The van der Waals surface area contributed by atoms with E-state index in [2.05, 4.69) is 39.0 Å². The van der Waals surface area contributed by atoms with Crippen molar-refractivity contribution in [3.63, 3.8) is 0 Å². The summed E-state index contributed by atoms with van der Waals surface area (Å²) in [6, 6.07) is 6.39. The minimum atomic E-state index is 1.00. The Morgan fingerprint density at radius 3 is 2.46 bits per heavy atom. The lowest BCUT2D eigenvalue weighted by Crippen LogP contribution is -1.94. The summed E-state index contributed by atoms with van der Waals surface area (Å²) in [5.74, 6) is 2.32. The average molecular weight is 177 g/mol. The molecule has 0 aliphatic heterocycles. The molecule has 0 saturated heterocycles. The van der Waals surface area contributed by atoms with E-state index in [0.717, 1.165) is 12.2 Å². The van der Waals surface area contributed by atoms with Gasteiger partial charge in [-0.1, -0.05) is 32.9 Å². The summed E-state index contributed by atoms with van der Waals surface area (Å²) >= 11 is 0. The number of hydrogen-bond acceptors (Lipinski definition) is 1. The first-order chi connectivity index (χ1) is 6.19. The van der Waals surface area contributed by atoms with Crippen LogP contribution in [0.2, 0.25) is 0 Å². The maximum Gasteiger partial charge on any atom is 0.122 e. The fourth-order valence-electron chi connectivity index (χ4n) is 1.35. The Morgan fingerprint density at radius 2 is 2.00 bits per heavy atom. The fraction of sp³-hybridized carbons (Fsp3) is 0.417. The van der Waals surface area contributed by atoms with Crippen molar-refractivity contribution in [2.75, 3.05) is 7.11 Å². The summed E-state index contributed by atoms with van der Waals surface area (Å²) in [4.78, 5) is 0. The highest BCUT2D eigenvalue weighted by Gasteiger charge is 2.04. The number of benzene rings is 1. The van der Waals surface area contributed by atoms with Crippen LogP contribution < -0.4 is 4.74 Å². The van der Waals surface area contributed by atoms with E-state index < -0.39 is 0 Å². The third kappa shape index (κ3) is 2.24. The third-order valence-electron chi connectivity index (χ3n) is 2.25. The summed E-state index contributed by atoms with van der Waals surface area (Å²) in [6.45, 7) is 6.36. The van der Waals surface area contributed by atoms with Crippen LogP contribution in [0.15, 0.2) is 18.2 Å². The molecular weight excluding hydrogens is 160 g/mol. The van der Waals surface area contributed by atoms with Gasteiger partial charge < -0.3 is 4.74 Å². The lowest BCUT2D eigenvalue weighted by Gasteiger charge is -2.10. The summed E-state index contributed by atoms with van der Waals surface area (Å²) in [7, 11) is 1.73. The van der Waals surface area contributed by atoms with Gasteiger partial charge in [0, 0.05) is 0 Å². The average Bonchev–Trinajstić information content (AvgIpc) is 2.16. The molecule has 1 radical (unpaired) electrons. The van der Waals surface area contributed by atoms with Gasteiger partial charge in [0.05, 0.1) is 7.11 Å². The van der Waals surface area contributed by atoms with Gasteiger partial charge in [0.25, 0.3) is 0 Å². The molecule has 71 valence electrons. The van der Waals surface area contributed by atoms with E-state index in [-0.39, 0.29) is 0 Å². The topological polar surface area (TPSA) is 9.23 Å². The van der Waals surface area contributed by atoms with Gasteiger partial charge >= 0.3 is 0 Å². The van der Waals surface area contributed by atoms with Crippen LogP contribution in [-0.4, -0.2) is 7.11 Å².